The van der Waals surface area contributed by atoms with Gasteiger partial charge in [-0.25, -0.2) is 0 Å². The molecule has 0 spiro atoms. The number of aliphatic hydroxyl groups is 2. The first kappa shape index (κ1) is 19.4. The highest BCUT2D eigenvalue weighted by Gasteiger charge is 2.64. The number of carbonyl (C=O) groups is 2. The highest BCUT2D eigenvalue weighted by molar-refractivity contribution is 14.1. The number of rotatable bonds is 4. The molecule has 0 aromatic carbocycles. The van der Waals surface area contributed by atoms with E-state index >= 15 is 0 Å². The fourth-order valence-corrected chi connectivity index (χ4v) is 7.93. The molecule has 7 nitrogen and oxygen atoms in total. The molecule has 0 aliphatic heterocycles. The molecule has 1 aliphatic rings. The van der Waals surface area contributed by atoms with Gasteiger partial charge in [-0.1, -0.05) is 6.92 Å². The maximum atomic E-state index is 12.2. The SMILES string of the molecule is CC(CO)C1(C(N)=O)C(I)=C(N)C(I)=C(C(N)=O)C1(O)I. The van der Waals surface area contributed by atoms with E-state index in [-0.39, 0.29) is 18.4 Å². The zero-order valence-corrected chi connectivity index (χ0v) is 17.3. The average molecular weight is 633 g/mol. The van der Waals surface area contributed by atoms with Crippen molar-refractivity contribution >= 4 is 79.6 Å². The molecule has 0 aromatic heterocycles. The van der Waals surface area contributed by atoms with Crippen molar-refractivity contribution in [2.24, 2.45) is 28.5 Å². The standard InChI is InChI=1S/C11H14I3N3O4/c1-3(2-18)10(9(17)20)7(13)6(15)5(12)4(8(16)19)11(10,14)21/h3,18,21H,2,15H2,1H3,(H2,16,19)(H2,17,20). The van der Waals surface area contributed by atoms with Gasteiger partial charge in [0.1, 0.15) is 5.41 Å². The van der Waals surface area contributed by atoms with E-state index in [0.29, 0.717) is 0 Å². The first-order chi connectivity index (χ1) is 9.47. The summed E-state index contributed by atoms with van der Waals surface area (Å²) >= 11 is 5.16. The molecule has 0 bridgehead atoms. The molecule has 0 radical (unpaired) electrons. The second kappa shape index (κ2) is 6.45. The number of primary amides is 2. The Balaban J connectivity index is 3.91. The van der Waals surface area contributed by atoms with Gasteiger partial charge in [0.05, 0.1) is 11.3 Å². The van der Waals surface area contributed by atoms with E-state index in [1.807, 2.05) is 22.6 Å². The summed E-state index contributed by atoms with van der Waals surface area (Å²) in [7, 11) is 0. The lowest BCUT2D eigenvalue weighted by molar-refractivity contribution is -0.136. The Labute approximate surface area is 162 Å². The topological polar surface area (TPSA) is 153 Å². The molecule has 118 valence electrons. The predicted molar refractivity (Wildman–Crippen MR) is 102 cm³/mol. The number of alkyl halides is 1. The Morgan fingerprint density at radius 1 is 1.33 bits per heavy atom. The quantitative estimate of drug-likeness (QED) is 0.218. The van der Waals surface area contributed by atoms with Crippen LogP contribution in [0.25, 0.3) is 0 Å². The fraction of sp³-hybridized carbons (Fsp3) is 0.455. The van der Waals surface area contributed by atoms with E-state index in [2.05, 4.69) is 0 Å². The zero-order chi connectivity index (χ0) is 16.7. The molecule has 3 unspecified atom stereocenters. The van der Waals surface area contributed by atoms with Gasteiger partial charge in [0.15, 0.2) is 3.61 Å². The minimum Gasteiger partial charge on any atom is -0.397 e. The number of halogens is 3. The van der Waals surface area contributed by atoms with Crippen LogP contribution in [0.2, 0.25) is 0 Å². The average Bonchev–Trinajstić information content (AvgIpc) is 2.34. The lowest BCUT2D eigenvalue weighted by Gasteiger charge is -2.48. The van der Waals surface area contributed by atoms with Crippen LogP contribution in [0.15, 0.2) is 18.4 Å². The third-order valence-corrected chi connectivity index (χ3v) is 7.48. The van der Waals surface area contributed by atoms with E-state index in [4.69, 9.17) is 17.2 Å². The minimum atomic E-state index is -2.01. The molecule has 21 heavy (non-hydrogen) atoms. The van der Waals surface area contributed by atoms with Crippen LogP contribution in [0.5, 0.6) is 0 Å². The maximum absolute atomic E-state index is 12.2. The highest BCUT2D eigenvalue weighted by Crippen LogP contribution is 2.59. The summed E-state index contributed by atoms with van der Waals surface area (Å²) in [6.07, 6.45) is 0. The summed E-state index contributed by atoms with van der Waals surface area (Å²) < 4.78 is -1.47. The smallest absolute Gasteiger partial charge is 0.249 e. The van der Waals surface area contributed by atoms with E-state index in [1.54, 1.807) is 45.2 Å². The zero-order valence-electron chi connectivity index (χ0n) is 10.9. The Morgan fingerprint density at radius 3 is 2.14 bits per heavy atom. The van der Waals surface area contributed by atoms with Crippen molar-refractivity contribution in [1.29, 1.82) is 0 Å². The van der Waals surface area contributed by atoms with Gasteiger partial charge in [-0.3, -0.25) is 9.59 Å². The fourth-order valence-electron chi connectivity index (χ4n) is 2.40. The number of aliphatic hydroxyl groups excluding tert-OH is 1. The summed E-state index contributed by atoms with van der Waals surface area (Å²) in [5.41, 5.74) is 15.0. The molecule has 1 aliphatic carbocycles. The van der Waals surface area contributed by atoms with E-state index < -0.39 is 33.4 Å². The summed E-state index contributed by atoms with van der Waals surface area (Å²) in [4.78, 5) is 24.0. The molecule has 10 heteroatoms. The number of carbonyl (C=O) groups excluding carboxylic acids is 2. The van der Waals surface area contributed by atoms with Crippen LogP contribution < -0.4 is 17.2 Å². The molecule has 0 saturated carbocycles. The van der Waals surface area contributed by atoms with Crippen molar-refractivity contribution in [2.75, 3.05) is 6.61 Å². The Kier molecular flexibility index (Phi) is 5.95. The third-order valence-electron chi connectivity index (χ3n) is 3.54. The number of nitrogens with two attached hydrogens (primary N) is 3. The number of hydrogen-bond donors (Lipinski definition) is 5. The van der Waals surface area contributed by atoms with Crippen molar-refractivity contribution in [3.8, 4) is 0 Å². The van der Waals surface area contributed by atoms with Gasteiger partial charge < -0.3 is 27.4 Å². The Hall–Kier alpha value is 0.330. The van der Waals surface area contributed by atoms with Crippen LogP contribution in [0.3, 0.4) is 0 Å². The van der Waals surface area contributed by atoms with E-state index in [1.165, 1.54) is 6.92 Å². The maximum Gasteiger partial charge on any atom is 0.249 e. The van der Waals surface area contributed by atoms with Crippen LogP contribution >= 0.6 is 67.8 Å². The van der Waals surface area contributed by atoms with Crippen LogP contribution in [0, 0.1) is 11.3 Å². The lowest BCUT2D eigenvalue weighted by atomic mass is 9.66. The molecule has 3 atom stereocenters. The molecule has 0 saturated heterocycles. The number of amides is 2. The van der Waals surface area contributed by atoms with Gasteiger partial charge in [0.2, 0.25) is 11.8 Å². The Morgan fingerprint density at radius 2 is 1.81 bits per heavy atom. The van der Waals surface area contributed by atoms with Gasteiger partial charge in [0, 0.05) is 19.7 Å². The largest absolute Gasteiger partial charge is 0.397 e. The van der Waals surface area contributed by atoms with Crippen molar-refractivity contribution in [3.63, 3.8) is 0 Å². The van der Waals surface area contributed by atoms with Crippen LogP contribution in [-0.2, 0) is 9.59 Å². The number of hydrogen-bond acceptors (Lipinski definition) is 5. The van der Waals surface area contributed by atoms with Crippen LogP contribution in [0.1, 0.15) is 6.92 Å². The van der Waals surface area contributed by atoms with E-state index in [0.717, 1.165) is 0 Å². The van der Waals surface area contributed by atoms with Crippen molar-refractivity contribution in [3.05, 3.63) is 18.4 Å². The van der Waals surface area contributed by atoms with Crippen LogP contribution in [0.4, 0.5) is 0 Å². The van der Waals surface area contributed by atoms with Crippen LogP contribution in [-0.4, -0.2) is 32.2 Å². The van der Waals surface area contributed by atoms with Gasteiger partial charge in [-0.05, 0) is 67.8 Å². The second-order valence-electron chi connectivity index (χ2n) is 4.66. The summed E-state index contributed by atoms with van der Waals surface area (Å²) in [6, 6.07) is 0. The number of allylic oxidation sites excluding steroid dienone is 1. The first-order valence-corrected chi connectivity index (χ1v) is 8.89. The Bertz CT molecular complexity index is 573. The molecule has 8 N–H and O–H groups in total. The van der Waals surface area contributed by atoms with Gasteiger partial charge in [0.25, 0.3) is 0 Å². The molecule has 0 fully saturated rings. The summed E-state index contributed by atoms with van der Waals surface area (Å²) in [6.45, 7) is 1.10. The highest BCUT2D eigenvalue weighted by atomic mass is 127. The van der Waals surface area contributed by atoms with E-state index in [9.17, 15) is 19.8 Å². The van der Waals surface area contributed by atoms with Gasteiger partial charge in [-0.15, -0.1) is 0 Å². The normalized spacial score (nSPS) is 31.3. The predicted octanol–water partition coefficient (Wildman–Crippen LogP) is 0.00340. The molecular formula is C11H14I3N3O4. The van der Waals surface area contributed by atoms with Crippen molar-refractivity contribution in [1.82, 2.24) is 0 Å². The van der Waals surface area contributed by atoms with Crippen molar-refractivity contribution in [2.45, 2.75) is 10.5 Å². The second-order valence-corrected chi connectivity index (χ2v) is 8.38. The van der Waals surface area contributed by atoms with Crippen molar-refractivity contribution < 1.29 is 19.8 Å². The summed E-state index contributed by atoms with van der Waals surface area (Å²) in [5.74, 6) is -2.57. The lowest BCUT2D eigenvalue weighted by Crippen LogP contribution is -2.61. The minimum absolute atomic E-state index is 0.144. The monoisotopic (exact) mass is 633 g/mol. The molecular weight excluding hydrogens is 619 g/mol. The first-order valence-electron chi connectivity index (χ1n) is 5.66. The third kappa shape index (κ3) is 2.59. The molecule has 2 amide bonds. The van der Waals surface area contributed by atoms with Gasteiger partial charge >= 0.3 is 0 Å². The molecule has 0 heterocycles. The molecule has 0 aromatic rings. The molecule has 1 rings (SSSR count). The van der Waals surface area contributed by atoms with Gasteiger partial charge in [-0.2, -0.15) is 0 Å². The summed E-state index contributed by atoms with van der Waals surface area (Å²) in [5, 5.41) is 20.5.